The first-order valence-corrected chi connectivity index (χ1v) is 12.8. The summed E-state index contributed by atoms with van der Waals surface area (Å²) in [6.07, 6.45) is 1.68. The third kappa shape index (κ3) is 4.47. The van der Waals surface area contributed by atoms with Gasteiger partial charge >= 0.3 is 5.97 Å². The second kappa shape index (κ2) is 10.1. The number of furan rings is 1. The van der Waals surface area contributed by atoms with E-state index in [-0.39, 0.29) is 12.2 Å². The number of hydrogen-bond donors (Lipinski definition) is 0. The Morgan fingerprint density at radius 3 is 2.53 bits per heavy atom. The quantitative estimate of drug-likeness (QED) is 0.326. The number of thiazole rings is 1. The number of hydrogen-bond acceptors (Lipinski definition) is 7. The van der Waals surface area contributed by atoms with E-state index < -0.39 is 12.0 Å². The Labute approximate surface area is 218 Å². The normalized spacial score (nSPS) is 15.4. The van der Waals surface area contributed by atoms with Gasteiger partial charge in [0.1, 0.15) is 11.5 Å². The number of halogens is 1. The van der Waals surface area contributed by atoms with Crippen molar-refractivity contribution < 1.29 is 18.7 Å². The summed E-state index contributed by atoms with van der Waals surface area (Å²) in [6.45, 7) is 1.94. The van der Waals surface area contributed by atoms with Gasteiger partial charge in [-0.25, -0.2) is 9.79 Å². The van der Waals surface area contributed by atoms with Crippen LogP contribution in [0.1, 0.15) is 29.9 Å². The van der Waals surface area contributed by atoms with Crippen molar-refractivity contribution in [2.45, 2.75) is 13.0 Å². The molecule has 1 atom stereocenters. The molecule has 7 nitrogen and oxygen atoms in total. The number of fused-ring (bicyclic) bond motifs is 1. The molecule has 0 unspecified atom stereocenters. The second-order valence-electron chi connectivity index (χ2n) is 7.85. The Bertz CT molecular complexity index is 1630. The van der Waals surface area contributed by atoms with Crippen LogP contribution in [0.25, 0.3) is 11.8 Å². The molecule has 0 amide bonds. The molecule has 4 aromatic rings. The number of benzene rings is 2. The Balaban J connectivity index is 1.82. The van der Waals surface area contributed by atoms with E-state index in [0.717, 1.165) is 11.1 Å². The van der Waals surface area contributed by atoms with Crippen LogP contribution >= 0.6 is 27.3 Å². The van der Waals surface area contributed by atoms with E-state index in [1.165, 1.54) is 11.3 Å². The van der Waals surface area contributed by atoms with Gasteiger partial charge < -0.3 is 13.9 Å². The summed E-state index contributed by atoms with van der Waals surface area (Å²) >= 11 is 4.53. The molecule has 0 saturated carbocycles. The zero-order valence-corrected chi connectivity index (χ0v) is 21.8. The van der Waals surface area contributed by atoms with Crippen molar-refractivity contribution in [1.82, 2.24) is 4.57 Å². The summed E-state index contributed by atoms with van der Waals surface area (Å²) in [5, 5.41) is 0. The number of nitrogens with zero attached hydrogens (tertiary/aromatic N) is 2. The number of rotatable bonds is 6. The predicted octanol–water partition coefficient (Wildman–Crippen LogP) is 4.30. The number of carbonyl (C=O) groups excluding carboxylic acids is 1. The van der Waals surface area contributed by atoms with Crippen LogP contribution in [0, 0.1) is 0 Å². The van der Waals surface area contributed by atoms with E-state index in [0.29, 0.717) is 36.8 Å². The van der Waals surface area contributed by atoms with Crippen molar-refractivity contribution in [2.24, 2.45) is 4.99 Å². The van der Waals surface area contributed by atoms with E-state index in [1.807, 2.05) is 42.5 Å². The molecule has 0 radical (unpaired) electrons. The minimum absolute atomic E-state index is 0.192. The minimum atomic E-state index is -0.744. The average molecular weight is 565 g/mol. The topological polar surface area (TPSA) is 83.0 Å². The van der Waals surface area contributed by atoms with Crippen molar-refractivity contribution in [2.75, 3.05) is 13.7 Å². The van der Waals surface area contributed by atoms with Crippen LogP contribution in [-0.4, -0.2) is 24.3 Å². The van der Waals surface area contributed by atoms with E-state index in [2.05, 4.69) is 15.9 Å². The maximum atomic E-state index is 13.7. The molecule has 2 aromatic carbocycles. The number of aromatic nitrogens is 1. The SMILES string of the molecule is CCOC(=O)C1=C(c2ccccc2)N=c2s/c(=C/c3ccc(Br)o3)c(=O)n2[C@H]1c1ccc(OC)cc1. The summed E-state index contributed by atoms with van der Waals surface area (Å²) in [7, 11) is 1.59. The molecule has 2 aromatic heterocycles. The first-order valence-electron chi connectivity index (χ1n) is 11.2. The maximum Gasteiger partial charge on any atom is 0.338 e. The predicted molar refractivity (Wildman–Crippen MR) is 140 cm³/mol. The second-order valence-corrected chi connectivity index (χ2v) is 9.64. The van der Waals surface area contributed by atoms with Gasteiger partial charge in [-0.15, -0.1) is 0 Å². The number of ether oxygens (including phenoxy) is 2. The molecule has 0 N–H and O–H groups in total. The lowest BCUT2D eigenvalue weighted by atomic mass is 9.93. The highest BCUT2D eigenvalue weighted by molar-refractivity contribution is 9.10. The number of esters is 1. The highest BCUT2D eigenvalue weighted by atomic mass is 79.9. The van der Waals surface area contributed by atoms with Gasteiger partial charge in [-0.3, -0.25) is 9.36 Å². The van der Waals surface area contributed by atoms with Crippen LogP contribution in [0.5, 0.6) is 5.75 Å². The van der Waals surface area contributed by atoms with Gasteiger partial charge in [0.05, 0.1) is 35.6 Å². The molecule has 0 bridgehead atoms. The van der Waals surface area contributed by atoms with E-state index in [9.17, 15) is 9.59 Å². The standard InChI is InChI=1S/C27H21BrN2O5S/c1-3-34-26(32)22-23(16-7-5-4-6-8-16)29-27-30(24(22)17-9-11-18(33-2)12-10-17)25(31)20(36-27)15-19-13-14-21(28)35-19/h4-15,24H,3H2,1-2H3/b20-15+/t24-/m0/s1. The lowest BCUT2D eigenvalue weighted by Crippen LogP contribution is -2.40. The molecule has 36 heavy (non-hydrogen) atoms. The van der Waals surface area contributed by atoms with Crippen LogP contribution in [0.2, 0.25) is 0 Å². The number of carbonyl (C=O) groups is 1. The van der Waals surface area contributed by atoms with Gasteiger partial charge in [-0.1, -0.05) is 53.8 Å². The molecule has 182 valence electrons. The lowest BCUT2D eigenvalue weighted by Gasteiger charge is -2.26. The van der Waals surface area contributed by atoms with Crippen molar-refractivity contribution in [3.63, 3.8) is 0 Å². The molecule has 1 aliphatic heterocycles. The van der Waals surface area contributed by atoms with E-state index in [4.69, 9.17) is 18.9 Å². The molecule has 0 aliphatic carbocycles. The van der Waals surface area contributed by atoms with Gasteiger partial charge in [0.25, 0.3) is 5.56 Å². The number of methoxy groups -OCH3 is 1. The molecule has 1 aliphatic rings. The Morgan fingerprint density at radius 1 is 1.14 bits per heavy atom. The van der Waals surface area contributed by atoms with Crippen LogP contribution in [-0.2, 0) is 9.53 Å². The fourth-order valence-corrected chi connectivity index (χ4v) is 5.38. The minimum Gasteiger partial charge on any atom is -0.497 e. The van der Waals surface area contributed by atoms with Crippen LogP contribution in [0.15, 0.2) is 91.2 Å². The largest absolute Gasteiger partial charge is 0.497 e. The molecular formula is C27H21BrN2O5S. The van der Waals surface area contributed by atoms with Gasteiger partial charge in [0, 0.05) is 11.6 Å². The Morgan fingerprint density at radius 2 is 1.89 bits per heavy atom. The van der Waals surface area contributed by atoms with Crippen molar-refractivity contribution >= 4 is 45.0 Å². The molecular weight excluding hydrogens is 544 g/mol. The maximum absolute atomic E-state index is 13.7. The summed E-state index contributed by atoms with van der Waals surface area (Å²) in [5.41, 5.74) is 1.99. The summed E-state index contributed by atoms with van der Waals surface area (Å²) < 4.78 is 18.9. The lowest BCUT2D eigenvalue weighted by molar-refractivity contribution is -0.138. The molecule has 5 rings (SSSR count). The summed E-state index contributed by atoms with van der Waals surface area (Å²) in [4.78, 5) is 32.4. The molecule has 9 heteroatoms. The van der Waals surface area contributed by atoms with Crippen molar-refractivity contribution in [3.05, 3.63) is 114 Å². The van der Waals surface area contributed by atoms with Crippen molar-refractivity contribution in [1.29, 1.82) is 0 Å². The molecule has 0 fully saturated rings. The van der Waals surface area contributed by atoms with Crippen LogP contribution in [0.4, 0.5) is 0 Å². The fraction of sp³-hybridized carbons (Fsp3) is 0.148. The third-order valence-corrected chi connectivity index (χ3v) is 7.08. The monoisotopic (exact) mass is 564 g/mol. The highest BCUT2D eigenvalue weighted by Crippen LogP contribution is 2.35. The first kappa shape index (κ1) is 24.0. The van der Waals surface area contributed by atoms with Crippen LogP contribution in [0.3, 0.4) is 0 Å². The average Bonchev–Trinajstić information content (AvgIpc) is 3.45. The van der Waals surface area contributed by atoms with Crippen LogP contribution < -0.4 is 19.6 Å². The molecule has 0 saturated heterocycles. The van der Waals surface area contributed by atoms with Gasteiger partial charge in [-0.2, -0.15) is 0 Å². The van der Waals surface area contributed by atoms with Gasteiger partial charge in [0.15, 0.2) is 9.47 Å². The smallest absolute Gasteiger partial charge is 0.338 e. The zero-order chi connectivity index (χ0) is 25.2. The fourth-order valence-electron chi connectivity index (χ4n) is 4.08. The Kier molecular flexibility index (Phi) is 6.75. The summed E-state index contributed by atoms with van der Waals surface area (Å²) in [5.74, 6) is 0.672. The third-order valence-electron chi connectivity index (χ3n) is 5.67. The van der Waals surface area contributed by atoms with E-state index in [1.54, 1.807) is 48.9 Å². The molecule has 0 spiro atoms. The van der Waals surface area contributed by atoms with Gasteiger partial charge in [-0.05, 0) is 52.7 Å². The molecule has 3 heterocycles. The Hall–Kier alpha value is -3.69. The highest BCUT2D eigenvalue weighted by Gasteiger charge is 2.35. The summed E-state index contributed by atoms with van der Waals surface area (Å²) in [6, 6.07) is 19.5. The zero-order valence-electron chi connectivity index (χ0n) is 19.4. The van der Waals surface area contributed by atoms with E-state index >= 15 is 0 Å². The first-order chi connectivity index (χ1) is 17.5. The van der Waals surface area contributed by atoms with Crippen molar-refractivity contribution in [3.8, 4) is 5.75 Å². The van der Waals surface area contributed by atoms with Gasteiger partial charge in [0.2, 0.25) is 0 Å².